The number of benzene rings is 1. The van der Waals surface area contributed by atoms with Crippen molar-refractivity contribution in [1.82, 2.24) is 0 Å². The van der Waals surface area contributed by atoms with Gasteiger partial charge < -0.3 is 4.74 Å². The van der Waals surface area contributed by atoms with Crippen LogP contribution in [-0.2, 0) is 5.31 Å². The zero-order valence-corrected chi connectivity index (χ0v) is 12.4. The third kappa shape index (κ3) is 3.71. The molecule has 0 aliphatic heterocycles. The third-order valence-corrected chi connectivity index (χ3v) is 4.00. The fraction of sp³-hybridized carbons (Fsp3) is 0.600. The maximum Gasteiger partial charge on any atom is 0.190 e. The Labute approximate surface area is 115 Å². The Morgan fingerprint density at radius 3 is 2.05 bits per heavy atom. The number of unbranched alkanes of at least 4 members (excludes halogenated alkanes) is 1. The van der Waals surface area contributed by atoms with Crippen molar-refractivity contribution in [3.05, 3.63) is 29.3 Å². The molecule has 19 heavy (non-hydrogen) atoms. The molecule has 0 saturated carbocycles. The van der Waals surface area contributed by atoms with Gasteiger partial charge in [0.25, 0.3) is 0 Å². The molecular formula is C15H23BF2O. The molecule has 0 aliphatic carbocycles. The van der Waals surface area contributed by atoms with Crippen LogP contribution in [0.4, 0.5) is 8.78 Å². The summed E-state index contributed by atoms with van der Waals surface area (Å²) >= 11 is 0. The quantitative estimate of drug-likeness (QED) is 0.540. The van der Waals surface area contributed by atoms with E-state index in [1.165, 1.54) is 12.1 Å². The molecular weight excluding hydrogens is 245 g/mol. The van der Waals surface area contributed by atoms with E-state index in [0.29, 0.717) is 12.2 Å². The molecule has 1 nitrogen and oxygen atoms in total. The van der Waals surface area contributed by atoms with Crippen molar-refractivity contribution >= 4 is 7.85 Å². The van der Waals surface area contributed by atoms with E-state index in [2.05, 4.69) is 0 Å². The van der Waals surface area contributed by atoms with Crippen molar-refractivity contribution in [3.63, 3.8) is 0 Å². The molecule has 0 aliphatic rings. The largest absolute Gasteiger partial charge is 0.488 e. The van der Waals surface area contributed by atoms with Gasteiger partial charge in [-0.1, -0.05) is 40.0 Å². The van der Waals surface area contributed by atoms with E-state index in [1.54, 1.807) is 0 Å². The molecule has 1 aromatic carbocycles. The standard InChI is InChI=1S/C15H23BF2O/c1-4-7-8-19-14-12(17)9-11(10-13(14)18)15(16,5-2)6-3/h9-10H,4-8,16H2,1-3H3. The lowest BCUT2D eigenvalue weighted by atomic mass is 9.61. The Bertz CT molecular complexity index is 394. The Hall–Kier alpha value is -1.06. The molecule has 0 saturated heterocycles. The van der Waals surface area contributed by atoms with E-state index >= 15 is 0 Å². The van der Waals surface area contributed by atoms with Crippen LogP contribution >= 0.6 is 0 Å². The molecule has 0 bridgehead atoms. The van der Waals surface area contributed by atoms with Crippen LogP contribution in [0.2, 0.25) is 0 Å². The van der Waals surface area contributed by atoms with Crippen LogP contribution in [0.1, 0.15) is 52.0 Å². The van der Waals surface area contributed by atoms with E-state index < -0.39 is 11.6 Å². The van der Waals surface area contributed by atoms with E-state index in [-0.39, 0.29) is 11.1 Å². The summed E-state index contributed by atoms with van der Waals surface area (Å²) in [7, 11) is 2.03. The molecule has 0 radical (unpaired) electrons. The van der Waals surface area contributed by atoms with Gasteiger partial charge in [-0.2, -0.15) is 0 Å². The Morgan fingerprint density at radius 2 is 1.63 bits per heavy atom. The number of halogens is 2. The molecule has 4 heteroatoms. The van der Waals surface area contributed by atoms with Crippen molar-refractivity contribution in [2.75, 3.05) is 6.61 Å². The average molecular weight is 268 g/mol. The smallest absolute Gasteiger partial charge is 0.190 e. The monoisotopic (exact) mass is 268 g/mol. The molecule has 0 N–H and O–H groups in total. The Balaban J connectivity index is 3.02. The fourth-order valence-corrected chi connectivity index (χ4v) is 2.02. The summed E-state index contributed by atoms with van der Waals surface area (Å²) in [5, 5.41) is -0.191. The summed E-state index contributed by atoms with van der Waals surface area (Å²) in [6.45, 7) is 6.42. The number of rotatable bonds is 7. The van der Waals surface area contributed by atoms with E-state index in [1.807, 2.05) is 28.6 Å². The highest BCUT2D eigenvalue weighted by molar-refractivity contribution is 6.15. The highest BCUT2D eigenvalue weighted by atomic mass is 19.1. The second kappa shape index (κ2) is 6.92. The van der Waals surface area contributed by atoms with Crippen molar-refractivity contribution in [3.8, 4) is 5.75 Å². The van der Waals surface area contributed by atoms with Gasteiger partial charge in [0, 0.05) is 0 Å². The SMILES string of the molecule is BC(CC)(CC)c1cc(F)c(OCCCC)c(F)c1. The molecule has 1 rings (SSSR count). The summed E-state index contributed by atoms with van der Waals surface area (Å²) in [6.07, 6.45) is 3.42. The highest BCUT2D eigenvalue weighted by Crippen LogP contribution is 2.33. The zero-order valence-electron chi connectivity index (χ0n) is 12.4. The third-order valence-electron chi connectivity index (χ3n) is 4.00. The predicted molar refractivity (Wildman–Crippen MR) is 77.6 cm³/mol. The zero-order chi connectivity index (χ0) is 14.5. The molecule has 106 valence electrons. The van der Waals surface area contributed by atoms with Gasteiger partial charge in [0.05, 0.1) is 6.61 Å². The van der Waals surface area contributed by atoms with Crippen LogP contribution in [-0.4, -0.2) is 14.5 Å². The number of hydrogen-bond acceptors (Lipinski definition) is 1. The second-order valence-corrected chi connectivity index (χ2v) is 5.24. The topological polar surface area (TPSA) is 9.23 Å². The van der Waals surface area contributed by atoms with Gasteiger partial charge in [-0.25, -0.2) is 8.78 Å². The van der Waals surface area contributed by atoms with Crippen molar-refractivity contribution in [2.45, 2.75) is 51.8 Å². The van der Waals surface area contributed by atoms with Gasteiger partial charge in [-0.3, -0.25) is 0 Å². The lowest BCUT2D eigenvalue weighted by molar-refractivity contribution is 0.278. The molecule has 0 unspecified atom stereocenters. The second-order valence-electron chi connectivity index (χ2n) is 5.24. The lowest BCUT2D eigenvalue weighted by Gasteiger charge is -2.28. The van der Waals surface area contributed by atoms with Crippen LogP contribution in [0.25, 0.3) is 0 Å². The van der Waals surface area contributed by atoms with E-state index in [9.17, 15) is 8.78 Å². The minimum absolute atomic E-state index is 0.191. The first-order valence-corrected chi connectivity index (χ1v) is 7.10. The number of hydrogen-bond donors (Lipinski definition) is 0. The normalized spacial score (nSPS) is 11.6. The summed E-state index contributed by atoms with van der Waals surface area (Å²) in [5.41, 5.74) is 0.704. The van der Waals surface area contributed by atoms with Crippen LogP contribution in [0, 0.1) is 11.6 Å². The lowest BCUT2D eigenvalue weighted by Crippen LogP contribution is -2.25. The summed E-state index contributed by atoms with van der Waals surface area (Å²) in [4.78, 5) is 0. The number of ether oxygens (including phenoxy) is 1. The van der Waals surface area contributed by atoms with Crippen molar-refractivity contribution < 1.29 is 13.5 Å². The van der Waals surface area contributed by atoms with Crippen molar-refractivity contribution in [2.24, 2.45) is 0 Å². The fourth-order valence-electron chi connectivity index (χ4n) is 2.02. The van der Waals surface area contributed by atoms with Crippen LogP contribution < -0.4 is 4.74 Å². The molecule has 0 aromatic heterocycles. The first-order valence-electron chi connectivity index (χ1n) is 7.10. The maximum absolute atomic E-state index is 14.0. The van der Waals surface area contributed by atoms with Gasteiger partial charge in [0.15, 0.2) is 17.4 Å². The van der Waals surface area contributed by atoms with Gasteiger partial charge in [0.2, 0.25) is 0 Å². The molecule has 0 heterocycles. The van der Waals surface area contributed by atoms with Crippen molar-refractivity contribution in [1.29, 1.82) is 0 Å². The summed E-state index contributed by atoms with van der Waals surface area (Å²) < 4.78 is 33.1. The van der Waals surface area contributed by atoms with Crippen LogP contribution in [0.5, 0.6) is 5.75 Å². The van der Waals surface area contributed by atoms with E-state index in [4.69, 9.17) is 4.74 Å². The van der Waals surface area contributed by atoms with Gasteiger partial charge in [-0.15, -0.1) is 0 Å². The van der Waals surface area contributed by atoms with Gasteiger partial charge >= 0.3 is 0 Å². The summed E-state index contributed by atoms with van der Waals surface area (Å²) in [6, 6.07) is 2.83. The summed E-state index contributed by atoms with van der Waals surface area (Å²) in [5.74, 6) is -1.44. The minimum Gasteiger partial charge on any atom is -0.488 e. The first kappa shape index (κ1) is 16.0. The van der Waals surface area contributed by atoms with Crippen LogP contribution in [0.3, 0.4) is 0 Å². The molecule has 1 aromatic rings. The Kier molecular flexibility index (Phi) is 5.83. The van der Waals surface area contributed by atoms with E-state index in [0.717, 1.165) is 25.7 Å². The molecule has 0 spiro atoms. The predicted octanol–water partition coefficient (Wildman–Crippen LogP) is 3.79. The maximum atomic E-state index is 14.0. The van der Waals surface area contributed by atoms with Crippen LogP contribution in [0.15, 0.2) is 12.1 Å². The molecule has 0 amide bonds. The highest BCUT2D eigenvalue weighted by Gasteiger charge is 2.25. The first-order chi connectivity index (χ1) is 8.98. The molecule has 0 atom stereocenters. The van der Waals surface area contributed by atoms with Gasteiger partial charge in [0.1, 0.15) is 7.85 Å². The molecule has 0 fully saturated rings. The Morgan fingerprint density at radius 1 is 1.11 bits per heavy atom. The minimum atomic E-state index is -0.598. The average Bonchev–Trinajstić information content (AvgIpc) is 2.40. The van der Waals surface area contributed by atoms with Gasteiger partial charge in [-0.05, 0) is 29.4 Å².